The van der Waals surface area contributed by atoms with Crippen LogP contribution in [0.25, 0.3) is 6.08 Å². The van der Waals surface area contributed by atoms with Crippen LogP contribution in [0, 0.1) is 13.8 Å². The zero-order valence-corrected chi connectivity index (χ0v) is 16.0. The van der Waals surface area contributed by atoms with Crippen LogP contribution >= 0.6 is 0 Å². The fourth-order valence-electron chi connectivity index (χ4n) is 2.65. The van der Waals surface area contributed by atoms with Gasteiger partial charge in [0, 0.05) is 18.2 Å². The number of hydrogen-bond donors (Lipinski definition) is 1. The molecule has 6 heteroatoms. The molecule has 146 valence electrons. The summed E-state index contributed by atoms with van der Waals surface area (Å²) in [6.45, 7) is 4.83. The largest absolute Gasteiger partial charge is 0.490 e. The molecule has 1 heterocycles. The Morgan fingerprint density at radius 2 is 1.82 bits per heavy atom. The molecule has 2 aromatic rings. The van der Waals surface area contributed by atoms with Crippen molar-refractivity contribution in [3.63, 3.8) is 0 Å². The van der Waals surface area contributed by atoms with Gasteiger partial charge in [0.15, 0.2) is 18.1 Å². The summed E-state index contributed by atoms with van der Waals surface area (Å²) in [6.07, 6.45) is 3.72. The molecule has 1 aliphatic heterocycles. The molecule has 3 rings (SSSR count). The first-order valence-electron chi connectivity index (χ1n) is 9.13. The molecule has 0 saturated heterocycles. The van der Waals surface area contributed by atoms with Crippen molar-refractivity contribution in [1.29, 1.82) is 0 Å². The number of amides is 1. The summed E-state index contributed by atoms with van der Waals surface area (Å²) in [6, 6.07) is 11.0. The Morgan fingerprint density at radius 1 is 1.04 bits per heavy atom. The number of rotatable bonds is 5. The number of nitrogens with one attached hydrogen (secondary N) is 1. The van der Waals surface area contributed by atoms with Gasteiger partial charge in [0.05, 0.1) is 13.2 Å². The van der Waals surface area contributed by atoms with Crippen LogP contribution in [0.3, 0.4) is 0 Å². The van der Waals surface area contributed by atoms with Crippen LogP contribution in [0.2, 0.25) is 0 Å². The topological polar surface area (TPSA) is 73.9 Å². The summed E-state index contributed by atoms with van der Waals surface area (Å²) in [7, 11) is 0. The van der Waals surface area contributed by atoms with Crippen molar-refractivity contribution in [3.8, 4) is 11.5 Å². The highest BCUT2D eigenvalue weighted by Gasteiger charge is 2.10. The van der Waals surface area contributed by atoms with E-state index in [1.54, 1.807) is 12.1 Å². The molecule has 2 aromatic carbocycles. The third-order valence-electron chi connectivity index (χ3n) is 4.32. The van der Waals surface area contributed by atoms with Gasteiger partial charge in [-0.25, -0.2) is 4.79 Å². The number of aryl methyl sites for hydroxylation is 2. The molecule has 0 aliphatic carbocycles. The third kappa shape index (κ3) is 5.36. The van der Waals surface area contributed by atoms with Gasteiger partial charge in [-0.3, -0.25) is 4.79 Å². The molecule has 0 unspecified atom stereocenters. The maximum Gasteiger partial charge on any atom is 0.331 e. The fraction of sp³-hybridized carbons (Fsp3) is 0.273. The molecule has 0 fully saturated rings. The molecule has 0 bridgehead atoms. The van der Waals surface area contributed by atoms with E-state index in [0.29, 0.717) is 30.4 Å². The second kappa shape index (κ2) is 9.08. The maximum atomic E-state index is 11.9. The summed E-state index contributed by atoms with van der Waals surface area (Å²) in [5, 5.41) is 2.71. The quantitative estimate of drug-likeness (QED) is 0.632. The van der Waals surface area contributed by atoms with Crippen molar-refractivity contribution in [2.24, 2.45) is 0 Å². The van der Waals surface area contributed by atoms with Gasteiger partial charge < -0.3 is 19.5 Å². The van der Waals surface area contributed by atoms with E-state index >= 15 is 0 Å². The molecule has 1 amide bonds. The summed E-state index contributed by atoms with van der Waals surface area (Å²) in [4.78, 5) is 23.8. The lowest BCUT2D eigenvalue weighted by Gasteiger charge is -2.08. The van der Waals surface area contributed by atoms with Gasteiger partial charge in [0.2, 0.25) is 0 Å². The molecule has 0 radical (unpaired) electrons. The van der Waals surface area contributed by atoms with E-state index in [2.05, 4.69) is 5.32 Å². The number of anilines is 1. The van der Waals surface area contributed by atoms with Gasteiger partial charge >= 0.3 is 5.97 Å². The monoisotopic (exact) mass is 381 g/mol. The van der Waals surface area contributed by atoms with Crippen molar-refractivity contribution in [1.82, 2.24) is 0 Å². The Kier molecular flexibility index (Phi) is 6.32. The van der Waals surface area contributed by atoms with E-state index in [-0.39, 0.29) is 12.5 Å². The first kappa shape index (κ1) is 19.5. The zero-order chi connectivity index (χ0) is 19.9. The Labute approximate surface area is 164 Å². The summed E-state index contributed by atoms with van der Waals surface area (Å²) < 4.78 is 16.2. The predicted molar refractivity (Wildman–Crippen MR) is 107 cm³/mol. The van der Waals surface area contributed by atoms with E-state index in [4.69, 9.17) is 14.2 Å². The maximum absolute atomic E-state index is 11.9. The highest BCUT2D eigenvalue weighted by molar-refractivity contribution is 5.94. The minimum atomic E-state index is -0.595. The highest BCUT2D eigenvalue weighted by Crippen LogP contribution is 2.30. The molecule has 28 heavy (non-hydrogen) atoms. The first-order chi connectivity index (χ1) is 13.5. The van der Waals surface area contributed by atoms with Crippen LogP contribution in [0.1, 0.15) is 23.1 Å². The van der Waals surface area contributed by atoms with Crippen LogP contribution in [0.5, 0.6) is 11.5 Å². The highest BCUT2D eigenvalue weighted by atomic mass is 16.5. The lowest BCUT2D eigenvalue weighted by Crippen LogP contribution is -2.20. The van der Waals surface area contributed by atoms with Gasteiger partial charge in [0.1, 0.15) is 0 Å². The third-order valence-corrected chi connectivity index (χ3v) is 4.32. The van der Waals surface area contributed by atoms with E-state index in [1.807, 2.05) is 44.2 Å². The molecule has 6 nitrogen and oxygen atoms in total. The zero-order valence-electron chi connectivity index (χ0n) is 16.0. The number of carbonyl (C=O) groups is 2. The Bertz CT molecular complexity index is 904. The van der Waals surface area contributed by atoms with Crippen LogP contribution in [0.15, 0.2) is 42.5 Å². The number of fused-ring (bicyclic) bond motifs is 1. The number of esters is 1. The van der Waals surface area contributed by atoms with Crippen molar-refractivity contribution >= 4 is 23.6 Å². The molecular formula is C22H23NO5. The lowest BCUT2D eigenvalue weighted by molar-refractivity contribution is -0.142. The van der Waals surface area contributed by atoms with Crippen LogP contribution in [-0.2, 0) is 14.3 Å². The second-order valence-electron chi connectivity index (χ2n) is 6.54. The molecule has 1 N–H and O–H groups in total. The van der Waals surface area contributed by atoms with Crippen LogP contribution < -0.4 is 14.8 Å². The van der Waals surface area contributed by atoms with E-state index < -0.39 is 5.97 Å². The average molecular weight is 381 g/mol. The van der Waals surface area contributed by atoms with Gasteiger partial charge in [-0.2, -0.15) is 0 Å². The van der Waals surface area contributed by atoms with Gasteiger partial charge in [0.25, 0.3) is 5.91 Å². The number of hydrogen-bond acceptors (Lipinski definition) is 5. The summed E-state index contributed by atoms with van der Waals surface area (Å²) >= 11 is 0. The number of ether oxygens (including phenoxy) is 3. The summed E-state index contributed by atoms with van der Waals surface area (Å²) in [5.74, 6) is 0.365. The summed E-state index contributed by atoms with van der Waals surface area (Å²) in [5.41, 5.74) is 3.67. The SMILES string of the molecule is Cc1ccc(NC(=O)COC(=O)/C=C/c2ccc3c(c2)OCCCO3)cc1C. The van der Waals surface area contributed by atoms with E-state index in [9.17, 15) is 9.59 Å². The van der Waals surface area contributed by atoms with Crippen LogP contribution in [0.4, 0.5) is 5.69 Å². The molecule has 0 spiro atoms. The van der Waals surface area contributed by atoms with Crippen LogP contribution in [-0.4, -0.2) is 31.7 Å². The predicted octanol–water partition coefficient (Wildman–Crippen LogP) is 3.66. The van der Waals surface area contributed by atoms with Gasteiger partial charge in [-0.1, -0.05) is 12.1 Å². The van der Waals surface area contributed by atoms with Gasteiger partial charge in [-0.15, -0.1) is 0 Å². The molecule has 0 saturated carbocycles. The van der Waals surface area contributed by atoms with E-state index in [1.165, 1.54) is 6.08 Å². The minimum Gasteiger partial charge on any atom is -0.490 e. The molecule has 1 aliphatic rings. The van der Waals surface area contributed by atoms with Crippen molar-refractivity contribution in [3.05, 3.63) is 59.2 Å². The normalized spacial score (nSPS) is 13.1. The minimum absolute atomic E-state index is 0.350. The molecular weight excluding hydrogens is 358 g/mol. The standard InChI is InChI=1S/C22H23NO5/c1-15-4-7-18(12-16(15)2)23-21(24)14-28-22(25)9-6-17-5-8-19-20(13-17)27-11-3-10-26-19/h4-9,12-13H,3,10-11,14H2,1-2H3,(H,23,24)/b9-6+. The average Bonchev–Trinajstić information content (AvgIpc) is 2.92. The fourth-order valence-corrected chi connectivity index (χ4v) is 2.65. The Balaban J connectivity index is 1.50. The van der Waals surface area contributed by atoms with Crippen molar-refractivity contribution in [2.45, 2.75) is 20.3 Å². The Hall–Kier alpha value is -3.28. The lowest BCUT2D eigenvalue weighted by atomic mass is 10.1. The first-order valence-corrected chi connectivity index (χ1v) is 9.13. The van der Waals surface area contributed by atoms with E-state index in [0.717, 1.165) is 23.1 Å². The number of benzene rings is 2. The number of carbonyl (C=O) groups excluding carboxylic acids is 2. The van der Waals surface area contributed by atoms with Crippen molar-refractivity contribution < 1.29 is 23.8 Å². The molecule has 0 atom stereocenters. The van der Waals surface area contributed by atoms with Gasteiger partial charge in [-0.05, 0) is 60.9 Å². The van der Waals surface area contributed by atoms with Crippen molar-refractivity contribution in [2.75, 3.05) is 25.1 Å². The molecule has 0 aromatic heterocycles. The second-order valence-corrected chi connectivity index (χ2v) is 6.54. The smallest absolute Gasteiger partial charge is 0.331 e. The Morgan fingerprint density at radius 3 is 2.61 bits per heavy atom.